The van der Waals surface area contributed by atoms with Gasteiger partial charge in [-0.1, -0.05) is 41.5 Å². The third-order valence-corrected chi connectivity index (χ3v) is 13.8. The quantitative estimate of drug-likeness (QED) is 0.450. The highest BCUT2D eigenvalue weighted by atomic mass is 16.5. The maximum absolute atomic E-state index is 14.6. The van der Waals surface area contributed by atoms with E-state index in [0.717, 1.165) is 32.1 Å². The van der Waals surface area contributed by atoms with Gasteiger partial charge in [0.1, 0.15) is 5.78 Å². The fourth-order valence-corrected chi connectivity index (χ4v) is 11.8. The predicted octanol–water partition coefficient (Wildman–Crippen LogP) is 5.48. The van der Waals surface area contributed by atoms with Crippen LogP contribution in [0.2, 0.25) is 0 Å². The first-order valence-corrected chi connectivity index (χ1v) is 15.7. The van der Waals surface area contributed by atoms with Gasteiger partial charge in [0.05, 0.1) is 6.61 Å². The molecule has 0 saturated heterocycles. The molecular weight excluding hydrogens is 488 g/mol. The summed E-state index contributed by atoms with van der Waals surface area (Å²) in [6, 6.07) is 0.387. The van der Waals surface area contributed by atoms with E-state index in [9.17, 15) is 14.4 Å². The molecule has 0 radical (unpaired) electrons. The molecule has 5 saturated carbocycles. The first kappa shape index (κ1) is 29.1. The Morgan fingerprint density at radius 2 is 1.69 bits per heavy atom. The number of ketones is 1. The van der Waals surface area contributed by atoms with Crippen LogP contribution < -0.4 is 5.32 Å². The van der Waals surface area contributed by atoms with Crippen molar-refractivity contribution in [1.82, 2.24) is 10.2 Å². The Hall–Kier alpha value is -1.43. The van der Waals surface area contributed by atoms with Crippen molar-refractivity contribution in [2.45, 2.75) is 112 Å². The molecule has 0 aromatic rings. The molecule has 39 heavy (non-hydrogen) atoms. The number of carbonyl (C=O) groups excluding carboxylic acids is 3. The monoisotopic (exact) mass is 542 g/mol. The van der Waals surface area contributed by atoms with E-state index in [2.05, 4.69) is 58.9 Å². The van der Waals surface area contributed by atoms with Gasteiger partial charge in [-0.25, -0.2) is 0 Å². The van der Waals surface area contributed by atoms with Gasteiger partial charge in [-0.2, -0.15) is 0 Å². The highest BCUT2D eigenvalue weighted by Gasteiger charge is 2.86. The molecule has 5 rings (SSSR count). The lowest BCUT2D eigenvalue weighted by Crippen LogP contribution is -2.64. The van der Waals surface area contributed by atoms with Gasteiger partial charge in [0.15, 0.2) is 0 Å². The van der Waals surface area contributed by atoms with Crippen molar-refractivity contribution in [3.8, 4) is 0 Å². The van der Waals surface area contributed by atoms with Crippen LogP contribution in [0.5, 0.6) is 0 Å². The van der Waals surface area contributed by atoms with Gasteiger partial charge in [0, 0.05) is 42.2 Å². The average molecular weight is 543 g/mol. The zero-order valence-electron chi connectivity index (χ0n) is 26.3. The summed E-state index contributed by atoms with van der Waals surface area (Å²) in [5.41, 5.74) is -0.512. The Labute approximate surface area is 236 Å². The molecule has 1 N–H and O–H groups in total. The molecule has 220 valence electrons. The fourth-order valence-electron chi connectivity index (χ4n) is 11.8. The van der Waals surface area contributed by atoms with Crippen LogP contribution in [0.4, 0.5) is 0 Å². The van der Waals surface area contributed by atoms with Gasteiger partial charge < -0.3 is 15.0 Å². The topological polar surface area (TPSA) is 75.7 Å². The van der Waals surface area contributed by atoms with Crippen LogP contribution in [0, 0.1) is 56.7 Å². The van der Waals surface area contributed by atoms with E-state index in [-0.39, 0.29) is 56.8 Å². The number of nitrogens with one attached hydrogen (secondary N) is 1. The van der Waals surface area contributed by atoms with Gasteiger partial charge in [-0.05, 0) is 99.5 Å². The van der Waals surface area contributed by atoms with Gasteiger partial charge in [-0.3, -0.25) is 14.4 Å². The van der Waals surface area contributed by atoms with E-state index >= 15 is 0 Å². The Morgan fingerprint density at radius 3 is 2.28 bits per heavy atom. The molecule has 5 aliphatic rings. The molecule has 6 heteroatoms. The minimum Gasteiger partial charge on any atom is -0.465 e. The number of ether oxygens (including phenoxy) is 1. The van der Waals surface area contributed by atoms with Gasteiger partial charge in [0.25, 0.3) is 0 Å². The number of rotatable bonds is 6. The summed E-state index contributed by atoms with van der Waals surface area (Å²) in [5, 5.41) is 3.35. The summed E-state index contributed by atoms with van der Waals surface area (Å²) < 4.78 is 5.73. The Bertz CT molecular complexity index is 1060. The molecule has 0 heterocycles. The van der Waals surface area contributed by atoms with E-state index in [0.29, 0.717) is 42.6 Å². The van der Waals surface area contributed by atoms with Crippen molar-refractivity contribution in [3.05, 3.63) is 0 Å². The van der Waals surface area contributed by atoms with Crippen molar-refractivity contribution < 1.29 is 19.1 Å². The third kappa shape index (κ3) is 3.64. The van der Waals surface area contributed by atoms with Gasteiger partial charge >= 0.3 is 5.97 Å². The van der Waals surface area contributed by atoms with Crippen LogP contribution in [0.1, 0.15) is 100 Å². The van der Waals surface area contributed by atoms with E-state index in [1.54, 1.807) is 0 Å². The molecule has 6 nitrogen and oxygen atoms in total. The van der Waals surface area contributed by atoms with Crippen LogP contribution in [0.25, 0.3) is 0 Å². The average Bonchev–Trinajstić information content (AvgIpc) is 3.48. The normalized spacial score (nSPS) is 49.0. The van der Waals surface area contributed by atoms with E-state index in [1.165, 1.54) is 13.3 Å². The van der Waals surface area contributed by atoms with Crippen LogP contribution >= 0.6 is 0 Å². The SMILES string of the molecule is CC(=O)OC[C@@]1(C)C2CCC3[C@]4(C)C[C@@H](C)[C@H](C(C)N(C)C)[C@@]4(C)CC(=O)[C@]34CC24CC[C@@H]1NC(=O)C(C)C. The minimum atomic E-state index is -0.379. The number of nitrogens with zero attached hydrogens (tertiary/aromatic N) is 1. The van der Waals surface area contributed by atoms with Crippen molar-refractivity contribution in [1.29, 1.82) is 0 Å². The summed E-state index contributed by atoms with van der Waals surface area (Å²) in [4.78, 5) is 41.8. The zero-order valence-corrected chi connectivity index (χ0v) is 26.3. The van der Waals surface area contributed by atoms with Crippen LogP contribution in [-0.2, 0) is 19.1 Å². The molecule has 0 aromatic heterocycles. The maximum Gasteiger partial charge on any atom is 0.302 e. The van der Waals surface area contributed by atoms with Crippen molar-refractivity contribution in [3.63, 3.8) is 0 Å². The minimum absolute atomic E-state index is 0.00318. The van der Waals surface area contributed by atoms with Gasteiger partial charge in [-0.15, -0.1) is 0 Å². The van der Waals surface area contributed by atoms with E-state index in [1.807, 2.05) is 13.8 Å². The molecule has 0 aromatic carbocycles. The van der Waals surface area contributed by atoms with E-state index < -0.39 is 0 Å². The lowest BCUT2D eigenvalue weighted by Gasteiger charge is -2.63. The maximum atomic E-state index is 14.6. The molecule has 0 aliphatic heterocycles. The lowest BCUT2D eigenvalue weighted by molar-refractivity contribution is -0.177. The summed E-state index contributed by atoms with van der Waals surface area (Å²) in [7, 11) is 4.37. The molecule has 11 atom stereocenters. The Kier molecular flexibility index (Phi) is 6.73. The Morgan fingerprint density at radius 1 is 1.05 bits per heavy atom. The second kappa shape index (κ2) is 9.03. The predicted molar refractivity (Wildman–Crippen MR) is 153 cm³/mol. The second-order valence-corrected chi connectivity index (χ2v) is 15.9. The van der Waals surface area contributed by atoms with Crippen LogP contribution in [0.3, 0.4) is 0 Å². The lowest BCUT2D eigenvalue weighted by atomic mass is 9.41. The number of carbonyl (C=O) groups is 3. The number of fused-ring (bicyclic) bond motifs is 2. The smallest absolute Gasteiger partial charge is 0.302 e. The van der Waals surface area contributed by atoms with Crippen LogP contribution in [-0.4, -0.2) is 55.3 Å². The largest absolute Gasteiger partial charge is 0.465 e. The fraction of sp³-hybridized carbons (Fsp3) is 0.909. The molecular formula is C33H54N2O4. The van der Waals surface area contributed by atoms with Crippen molar-refractivity contribution in [2.24, 2.45) is 56.7 Å². The number of Topliss-reactive ketones (excluding diaryl/α,β-unsaturated/α-hetero) is 1. The molecule has 5 aliphatic carbocycles. The van der Waals surface area contributed by atoms with Crippen molar-refractivity contribution >= 4 is 17.7 Å². The molecule has 2 spiro atoms. The number of hydrogen-bond acceptors (Lipinski definition) is 5. The van der Waals surface area contributed by atoms with Gasteiger partial charge in [0.2, 0.25) is 5.91 Å². The second-order valence-electron chi connectivity index (χ2n) is 15.9. The Balaban J connectivity index is 1.52. The van der Waals surface area contributed by atoms with E-state index in [4.69, 9.17) is 4.74 Å². The molecule has 4 unspecified atom stereocenters. The number of hydrogen-bond donors (Lipinski definition) is 1. The standard InChI is InChI=1S/C33H54N2O4/c1-19(2)28(38)34-25-13-14-32-17-33(32)24(12-11-23(32)29(25,6)18-39-22(5)36)30(7)15-20(3)27(21(4)35(9)10)31(30,8)16-26(33)37/h19-21,23-25,27H,11-18H2,1-10H3,(H,34,38)/t20-,21?,23?,24?,25+,27-,29+,30+,31-,32?,33+/m1/s1. The highest BCUT2D eigenvalue weighted by Crippen LogP contribution is 2.88. The molecule has 0 bridgehead atoms. The summed E-state index contributed by atoms with van der Waals surface area (Å²) >= 11 is 0. The summed E-state index contributed by atoms with van der Waals surface area (Å²) in [6.07, 6.45) is 6.81. The summed E-state index contributed by atoms with van der Waals surface area (Å²) in [6.45, 7) is 17.6. The van der Waals surface area contributed by atoms with Crippen molar-refractivity contribution in [2.75, 3.05) is 20.7 Å². The molecule has 5 fully saturated rings. The molecule has 1 amide bonds. The third-order valence-electron chi connectivity index (χ3n) is 13.8. The summed E-state index contributed by atoms with van der Waals surface area (Å²) in [5.74, 6) is 1.96. The number of esters is 1. The number of amides is 1. The first-order valence-electron chi connectivity index (χ1n) is 15.7. The zero-order chi connectivity index (χ0) is 28.9. The highest BCUT2D eigenvalue weighted by molar-refractivity contribution is 5.92. The first-order chi connectivity index (χ1) is 18.0. The van der Waals surface area contributed by atoms with Crippen LogP contribution in [0.15, 0.2) is 0 Å².